The van der Waals surface area contributed by atoms with Gasteiger partial charge in [-0.15, -0.1) is 0 Å². The summed E-state index contributed by atoms with van der Waals surface area (Å²) in [7, 11) is 0. The summed E-state index contributed by atoms with van der Waals surface area (Å²) in [4.78, 5) is 36.3. The van der Waals surface area contributed by atoms with Gasteiger partial charge in [-0.05, 0) is 44.9 Å². The maximum atomic E-state index is 12.7. The summed E-state index contributed by atoms with van der Waals surface area (Å²) in [6.45, 7) is 5.09. The number of allylic oxidation sites excluding steroid dienone is 2. The predicted octanol–water partition coefficient (Wildman–Crippen LogP) is 11.0. The van der Waals surface area contributed by atoms with Gasteiger partial charge in [-0.1, -0.05) is 161 Å². The second-order valence-corrected chi connectivity index (χ2v) is 13.3. The summed E-state index contributed by atoms with van der Waals surface area (Å²) in [5, 5.41) is 14.8. The number of amides is 2. The van der Waals surface area contributed by atoms with Crippen molar-refractivity contribution in [2.75, 3.05) is 6.54 Å². The Kier molecular flexibility index (Phi) is 33.6. The fourth-order valence-electron chi connectivity index (χ4n) is 5.81. The Hall–Kier alpha value is -1.85. The average Bonchev–Trinajstić information content (AvgIpc) is 3.02. The van der Waals surface area contributed by atoms with Crippen molar-refractivity contribution in [3.8, 4) is 0 Å². The second kappa shape index (κ2) is 35.0. The van der Waals surface area contributed by atoms with E-state index in [9.17, 15) is 14.4 Å². The van der Waals surface area contributed by atoms with E-state index in [2.05, 4.69) is 36.6 Å². The molecule has 0 aliphatic carbocycles. The Morgan fingerprint density at radius 1 is 0.533 bits per heavy atom. The molecule has 2 amide bonds. The fraction of sp³-hybridized carbons (Fsp3) is 0.872. The highest BCUT2D eigenvalue weighted by molar-refractivity contribution is 5.87. The van der Waals surface area contributed by atoms with E-state index < -0.39 is 12.0 Å². The molecular formula is C39H74N2O4. The van der Waals surface area contributed by atoms with Gasteiger partial charge in [0.25, 0.3) is 0 Å². The van der Waals surface area contributed by atoms with Gasteiger partial charge in [0.1, 0.15) is 6.04 Å². The molecule has 0 aromatic heterocycles. The van der Waals surface area contributed by atoms with Gasteiger partial charge in [0, 0.05) is 19.4 Å². The van der Waals surface area contributed by atoms with Crippen LogP contribution in [-0.2, 0) is 14.4 Å². The lowest BCUT2D eigenvalue weighted by atomic mass is 10.0. The lowest BCUT2D eigenvalue weighted by Gasteiger charge is -2.18. The van der Waals surface area contributed by atoms with Gasteiger partial charge in [-0.3, -0.25) is 14.4 Å². The maximum Gasteiger partial charge on any atom is 0.303 e. The molecule has 1 atom stereocenters. The van der Waals surface area contributed by atoms with Gasteiger partial charge in [0.15, 0.2) is 0 Å². The van der Waals surface area contributed by atoms with Crippen molar-refractivity contribution in [2.45, 2.75) is 213 Å². The molecule has 0 spiro atoms. The van der Waals surface area contributed by atoms with Gasteiger partial charge in [0.05, 0.1) is 0 Å². The monoisotopic (exact) mass is 635 g/mol. The zero-order valence-corrected chi connectivity index (χ0v) is 29.8. The van der Waals surface area contributed by atoms with Crippen molar-refractivity contribution in [1.82, 2.24) is 10.6 Å². The van der Waals surface area contributed by atoms with E-state index in [0.29, 0.717) is 13.0 Å². The van der Waals surface area contributed by atoms with Crippen LogP contribution in [0.25, 0.3) is 0 Å². The molecule has 45 heavy (non-hydrogen) atoms. The third-order valence-electron chi connectivity index (χ3n) is 8.79. The smallest absolute Gasteiger partial charge is 0.303 e. The van der Waals surface area contributed by atoms with Crippen LogP contribution < -0.4 is 10.6 Å². The van der Waals surface area contributed by atoms with Gasteiger partial charge < -0.3 is 15.7 Å². The van der Waals surface area contributed by atoms with Crippen molar-refractivity contribution in [3.05, 3.63) is 12.2 Å². The van der Waals surface area contributed by atoms with Crippen molar-refractivity contribution in [2.24, 2.45) is 0 Å². The fourth-order valence-corrected chi connectivity index (χ4v) is 5.81. The van der Waals surface area contributed by atoms with Crippen LogP contribution >= 0.6 is 0 Å². The number of hydrogen-bond acceptors (Lipinski definition) is 3. The van der Waals surface area contributed by atoms with E-state index in [1.165, 1.54) is 135 Å². The SMILES string of the molecule is CCCCCCCC/C=C\CCCCCCCC(=O)NC(CCC(=O)O)C(=O)NCCCCCCCCCCCCCCCC. The maximum absolute atomic E-state index is 12.7. The van der Waals surface area contributed by atoms with Gasteiger partial charge in [-0.2, -0.15) is 0 Å². The highest BCUT2D eigenvalue weighted by Crippen LogP contribution is 2.13. The molecule has 264 valence electrons. The highest BCUT2D eigenvalue weighted by atomic mass is 16.4. The molecule has 3 N–H and O–H groups in total. The largest absolute Gasteiger partial charge is 0.481 e. The van der Waals surface area contributed by atoms with Crippen molar-refractivity contribution in [3.63, 3.8) is 0 Å². The van der Waals surface area contributed by atoms with E-state index in [-0.39, 0.29) is 24.7 Å². The Morgan fingerprint density at radius 2 is 0.933 bits per heavy atom. The summed E-state index contributed by atoms with van der Waals surface area (Å²) in [6.07, 6.45) is 38.7. The van der Waals surface area contributed by atoms with Crippen LogP contribution in [0.3, 0.4) is 0 Å². The molecule has 0 saturated carbocycles. The minimum absolute atomic E-state index is 0.123. The highest BCUT2D eigenvalue weighted by Gasteiger charge is 2.21. The summed E-state index contributed by atoms with van der Waals surface area (Å²) in [6, 6.07) is -0.775. The van der Waals surface area contributed by atoms with Crippen LogP contribution in [-0.4, -0.2) is 35.5 Å². The van der Waals surface area contributed by atoms with Crippen molar-refractivity contribution < 1.29 is 19.5 Å². The summed E-state index contributed by atoms with van der Waals surface area (Å²) >= 11 is 0. The lowest BCUT2D eigenvalue weighted by Crippen LogP contribution is -2.47. The van der Waals surface area contributed by atoms with Gasteiger partial charge in [0.2, 0.25) is 11.8 Å². The Morgan fingerprint density at radius 3 is 1.38 bits per heavy atom. The molecular weight excluding hydrogens is 560 g/mol. The molecule has 0 heterocycles. The molecule has 0 aliphatic heterocycles. The third kappa shape index (κ3) is 33.3. The van der Waals surface area contributed by atoms with Crippen LogP contribution in [0.4, 0.5) is 0 Å². The molecule has 0 radical (unpaired) electrons. The van der Waals surface area contributed by atoms with E-state index in [4.69, 9.17) is 5.11 Å². The number of carbonyl (C=O) groups is 3. The lowest BCUT2D eigenvalue weighted by molar-refractivity contribution is -0.138. The quantitative estimate of drug-likeness (QED) is 0.0477. The number of carbonyl (C=O) groups excluding carboxylic acids is 2. The molecule has 0 aromatic rings. The van der Waals surface area contributed by atoms with E-state index >= 15 is 0 Å². The van der Waals surface area contributed by atoms with Gasteiger partial charge in [-0.25, -0.2) is 0 Å². The van der Waals surface area contributed by atoms with Crippen LogP contribution in [0.1, 0.15) is 206 Å². The first-order valence-electron chi connectivity index (χ1n) is 19.4. The summed E-state index contributed by atoms with van der Waals surface area (Å²) in [5.41, 5.74) is 0. The number of aliphatic carboxylic acids is 1. The van der Waals surface area contributed by atoms with Crippen molar-refractivity contribution in [1.29, 1.82) is 0 Å². The normalized spacial score (nSPS) is 12.0. The number of unbranched alkanes of at least 4 members (excludes halogenated alkanes) is 24. The van der Waals surface area contributed by atoms with E-state index in [0.717, 1.165) is 38.5 Å². The molecule has 0 bridgehead atoms. The van der Waals surface area contributed by atoms with Crippen LogP contribution in [0.5, 0.6) is 0 Å². The van der Waals surface area contributed by atoms with Crippen LogP contribution in [0, 0.1) is 0 Å². The summed E-state index contributed by atoms with van der Waals surface area (Å²) < 4.78 is 0. The molecule has 0 aromatic carbocycles. The zero-order chi connectivity index (χ0) is 33.1. The molecule has 0 rings (SSSR count). The number of carboxylic acid groups (broad SMARTS) is 1. The topological polar surface area (TPSA) is 95.5 Å². The Balaban J connectivity index is 3.87. The second-order valence-electron chi connectivity index (χ2n) is 13.3. The van der Waals surface area contributed by atoms with E-state index in [1.54, 1.807) is 0 Å². The first kappa shape index (κ1) is 43.1. The number of nitrogens with one attached hydrogen (secondary N) is 2. The minimum atomic E-state index is -0.953. The third-order valence-corrected chi connectivity index (χ3v) is 8.79. The van der Waals surface area contributed by atoms with E-state index in [1.807, 2.05) is 0 Å². The number of carboxylic acids is 1. The van der Waals surface area contributed by atoms with Crippen LogP contribution in [0.2, 0.25) is 0 Å². The van der Waals surface area contributed by atoms with Crippen molar-refractivity contribution >= 4 is 17.8 Å². The molecule has 0 aliphatic rings. The molecule has 0 fully saturated rings. The molecule has 0 saturated heterocycles. The standard InChI is InChI=1S/C39H74N2O4/c1-3-5-7-9-11-13-15-17-19-20-22-24-26-28-30-32-37(42)41-36(33-34-38(43)44)39(45)40-35-31-29-27-25-23-21-18-16-14-12-10-8-6-4-2/h17,19,36H,3-16,18,20-35H2,1-2H3,(H,40,45)(H,41,42)(H,43,44)/b19-17-. The molecule has 6 nitrogen and oxygen atoms in total. The Bertz CT molecular complexity index is 709. The predicted molar refractivity (Wildman–Crippen MR) is 192 cm³/mol. The first-order chi connectivity index (χ1) is 22.0. The van der Waals surface area contributed by atoms with Crippen LogP contribution in [0.15, 0.2) is 12.2 Å². The number of hydrogen-bond donors (Lipinski definition) is 3. The Labute approximate surface area is 278 Å². The first-order valence-corrected chi connectivity index (χ1v) is 19.4. The van der Waals surface area contributed by atoms with Gasteiger partial charge >= 0.3 is 5.97 Å². The summed E-state index contributed by atoms with van der Waals surface area (Å²) in [5.74, 6) is -1.37. The average molecular weight is 635 g/mol. The number of rotatable bonds is 35. The minimum Gasteiger partial charge on any atom is -0.481 e. The zero-order valence-electron chi connectivity index (χ0n) is 29.8. The molecule has 1 unspecified atom stereocenters. The molecule has 6 heteroatoms.